The van der Waals surface area contributed by atoms with E-state index in [1.807, 2.05) is 13.8 Å². The fourth-order valence-corrected chi connectivity index (χ4v) is 1.39. The summed E-state index contributed by atoms with van der Waals surface area (Å²) in [6.45, 7) is 4.15. The van der Waals surface area contributed by atoms with Gasteiger partial charge < -0.3 is 15.7 Å². The standard InChI is InChI=1S/C9H16N4O2/c1-9(2,6-12(3)8(14)15)13-5-7(10)4-11-13/h4-5H,6,10H2,1-3H3,(H,14,15). The second kappa shape index (κ2) is 3.80. The number of hydrogen-bond donors (Lipinski definition) is 2. The minimum atomic E-state index is -0.955. The summed E-state index contributed by atoms with van der Waals surface area (Å²) in [5.41, 5.74) is 5.71. The topological polar surface area (TPSA) is 84.4 Å². The molecule has 0 aliphatic heterocycles. The molecule has 1 amide bonds. The van der Waals surface area contributed by atoms with Crippen molar-refractivity contribution in [1.29, 1.82) is 0 Å². The van der Waals surface area contributed by atoms with E-state index in [9.17, 15) is 4.79 Å². The van der Waals surface area contributed by atoms with Gasteiger partial charge >= 0.3 is 6.09 Å². The predicted molar refractivity (Wildman–Crippen MR) is 56.6 cm³/mol. The van der Waals surface area contributed by atoms with E-state index in [2.05, 4.69) is 5.10 Å². The molecule has 6 nitrogen and oxygen atoms in total. The second-order valence-electron chi connectivity index (χ2n) is 4.17. The van der Waals surface area contributed by atoms with Gasteiger partial charge in [-0.15, -0.1) is 0 Å². The predicted octanol–water partition coefficient (Wildman–Crippen LogP) is 0.810. The van der Waals surface area contributed by atoms with Gasteiger partial charge in [-0.1, -0.05) is 0 Å². The first-order valence-electron chi connectivity index (χ1n) is 4.57. The molecule has 0 saturated carbocycles. The molecule has 0 aromatic carbocycles. The fraction of sp³-hybridized carbons (Fsp3) is 0.556. The molecule has 1 aromatic heterocycles. The number of amides is 1. The van der Waals surface area contributed by atoms with Gasteiger partial charge in [-0.25, -0.2) is 4.79 Å². The molecule has 0 radical (unpaired) electrons. The first-order chi connectivity index (χ1) is 6.83. The number of nitrogens with zero attached hydrogens (tertiary/aromatic N) is 3. The van der Waals surface area contributed by atoms with E-state index >= 15 is 0 Å². The van der Waals surface area contributed by atoms with Crippen LogP contribution in [0, 0.1) is 0 Å². The molecular formula is C9H16N4O2. The molecule has 0 bridgehead atoms. The summed E-state index contributed by atoms with van der Waals surface area (Å²) in [6, 6.07) is 0. The molecule has 1 heterocycles. The van der Waals surface area contributed by atoms with E-state index in [0.717, 1.165) is 0 Å². The molecule has 0 atom stereocenters. The van der Waals surface area contributed by atoms with Gasteiger partial charge in [-0.2, -0.15) is 5.10 Å². The van der Waals surface area contributed by atoms with Crippen molar-refractivity contribution >= 4 is 11.8 Å². The average Bonchev–Trinajstić information content (AvgIpc) is 2.51. The summed E-state index contributed by atoms with van der Waals surface area (Å²) < 4.78 is 1.67. The summed E-state index contributed by atoms with van der Waals surface area (Å²) in [6.07, 6.45) is 2.28. The number of carboxylic acid groups (broad SMARTS) is 1. The largest absolute Gasteiger partial charge is 0.465 e. The van der Waals surface area contributed by atoms with Crippen LogP contribution in [-0.4, -0.2) is 39.5 Å². The SMILES string of the molecule is CN(CC(C)(C)n1cc(N)cn1)C(=O)O. The minimum Gasteiger partial charge on any atom is -0.465 e. The molecule has 0 aliphatic carbocycles. The molecule has 0 unspecified atom stereocenters. The maximum atomic E-state index is 10.7. The highest BCUT2D eigenvalue weighted by Crippen LogP contribution is 2.16. The maximum Gasteiger partial charge on any atom is 0.407 e. The molecule has 0 aliphatic rings. The lowest BCUT2D eigenvalue weighted by molar-refractivity contribution is 0.134. The van der Waals surface area contributed by atoms with Crippen LogP contribution in [0.4, 0.5) is 10.5 Å². The summed E-state index contributed by atoms with van der Waals surface area (Å²) in [7, 11) is 1.52. The number of aromatic nitrogens is 2. The lowest BCUT2D eigenvalue weighted by Crippen LogP contribution is -2.41. The Balaban J connectivity index is 2.79. The van der Waals surface area contributed by atoms with E-state index in [1.54, 1.807) is 17.1 Å². The third-order valence-electron chi connectivity index (χ3n) is 2.17. The van der Waals surface area contributed by atoms with Crippen LogP contribution in [0.3, 0.4) is 0 Å². The van der Waals surface area contributed by atoms with Crippen LogP contribution in [0.5, 0.6) is 0 Å². The fourth-order valence-electron chi connectivity index (χ4n) is 1.39. The number of rotatable bonds is 3. The van der Waals surface area contributed by atoms with Crippen LogP contribution in [0.25, 0.3) is 0 Å². The number of carbonyl (C=O) groups is 1. The zero-order chi connectivity index (χ0) is 11.6. The quantitative estimate of drug-likeness (QED) is 0.776. The molecule has 1 rings (SSSR count). The minimum absolute atomic E-state index is 0.351. The van der Waals surface area contributed by atoms with Crippen LogP contribution < -0.4 is 5.73 Å². The van der Waals surface area contributed by atoms with E-state index in [0.29, 0.717) is 12.2 Å². The Hall–Kier alpha value is -1.72. The summed E-state index contributed by atoms with van der Waals surface area (Å²) >= 11 is 0. The van der Waals surface area contributed by atoms with Crippen molar-refractivity contribution in [2.45, 2.75) is 19.4 Å². The van der Waals surface area contributed by atoms with E-state index in [-0.39, 0.29) is 0 Å². The Morgan fingerprint density at radius 1 is 1.73 bits per heavy atom. The van der Waals surface area contributed by atoms with Crippen molar-refractivity contribution in [3.8, 4) is 0 Å². The van der Waals surface area contributed by atoms with Gasteiger partial charge in [0.15, 0.2) is 0 Å². The molecule has 3 N–H and O–H groups in total. The molecule has 6 heteroatoms. The van der Waals surface area contributed by atoms with Gasteiger partial charge in [0.05, 0.1) is 17.4 Å². The molecule has 0 fully saturated rings. The zero-order valence-electron chi connectivity index (χ0n) is 9.14. The smallest absolute Gasteiger partial charge is 0.407 e. The number of likely N-dealkylation sites (N-methyl/N-ethyl adjacent to an activating group) is 1. The van der Waals surface area contributed by atoms with Crippen molar-refractivity contribution in [1.82, 2.24) is 14.7 Å². The molecule has 0 spiro atoms. The van der Waals surface area contributed by atoms with Crippen LogP contribution >= 0.6 is 0 Å². The van der Waals surface area contributed by atoms with E-state index in [1.165, 1.54) is 11.9 Å². The van der Waals surface area contributed by atoms with Gasteiger partial charge in [0.25, 0.3) is 0 Å². The van der Waals surface area contributed by atoms with E-state index in [4.69, 9.17) is 10.8 Å². The van der Waals surface area contributed by atoms with Gasteiger partial charge in [0.1, 0.15) is 0 Å². The van der Waals surface area contributed by atoms with Crippen molar-refractivity contribution in [3.05, 3.63) is 12.4 Å². The van der Waals surface area contributed by atoms with Crippen molar-refractivity contribution in [2.24, 2.45) is 0 Å². The molecule has 0 saturated heterocycles. The van der Waals surface area contributed by atoms with Crippen molar-refractivity contribution in [2.75, 3.05) is 19.3 Å². The zero-order valence-corrected chi connectivity index (χ0v) is 9.14. The lowest BCUT2D eigenvalue weighted by atomic mass is 10.1. The number of nitrogen functional groups attached to an aromatic ring is 1. The summed E-state index contributed by atoms with van der Waals surface area (Å²) in [5, 5.41) is 12.8. The maximum absolute atomic E-state index is 10.7. The Bertz CT molecular complexity index is 359. The van der Waals surface area contributed by atoms with Crippen LogP contribution in [0.15, 0.2) is 12.4 Å². The highest BCUT2D eigenvalue weighted by atomic mass is 16.4. The van der Waals surface area contributed by atoms with Crippen LogP contribution in [0.1, 0.15) is 13.8 Å². The van der Waals surface area contributed by atoms with E-state index < -0.39 is 11.6 Å². The summed E-state index contributed by atoms with van der Waals surface area (Å²) in [4.78, 5) is 11.9. The number of anilines is 1. The van der Waals surface area contributed by atoms with Crippen LogP contribution in [-0.2, 0) is 5.54 Å². The second-order valence-corrected chi connectivity index (χ2v) is 4.17. The first-order valence-corrected chi connectivity index (χ1v) is 4.57. The van der Waals surface area contributed by atoms with Crippen LogP contribution in [0.2, 0.25) is 0 Å². The molecular weight excluding hydrogens is 196 g/mol. The highest BCUT2D eigenvalue weighted by molar-refractivity contribution is 5.64. The highest BCUT2D eigenvalue weighted by Gasteiger charge is 2.25. The lowest BCUT2D eigenvalue weighted by Gasteiger charge is -2.29. The van der Waals surface area contributed by atoms with Crippen molar-refractivity contribution < 1.29 is 9.90 Å². The Morgan fingerprint density at radius 2 is 2.33 bits per heavy atom. The van der Waals surface area contributed by atoms with Gasteiger partial charge in [-0.05, 0) is 13.8 Å². The first kappa shape index (κ1) is 11.4. The third-order valence-corrected chi connectivity index (χ3v) is 2.17. The Kier molecular flexibility index (Phi) is 2.88. The molecule has 1 aromatic rings. The Labute approximate surface area is 88.3 Å². The monoisotopic (exact) mass is 212 g/mol. The number of nitrogens with two attached hydrogens (primary N) is 1. The van der Waals surface area contributed by atoms with Crippen molar-refractivity contribution in [3.63, 3.8) is 0 Å². The molecule has 84 valence electrons. The Morgan fingerprint density at radius 3 is 2.73 bits per heavy atom. The third kappa shape index (κ3) is 2.61. The van der Waals surface area contributed by atoms with Gasteiger partial charge in [0.2, 0.25) is 0 Å². The average molecular weight is 212 g/mol. The normalized spacial score (nSPS) is 11.4. The molecule has 15 heavy (non-hydrogen) atoms. The number of hydrogen-bond acceptors (Lipinski definition) is 3. The van der Waals surface area contributed by atoms with Gasteiger partial charge in [-0.3, -0.25) is 4.68 Å². The van der Waals surface area contributed by atoms with Gasteiger partial charge in [0, 0.05) is 19.8 Å². The summed E-state index contributed by atoms with van der Waals surface area (Å²) in [5.74, 6) is 0.